The number of rotatable bonds is 6. The molecule has 1 heterocycles. The molecular formula is C16H25NO3. The Balaban J connectivity index is 1.88. The van der Waals surface area contributed by atoms with E-state index in [9.17, 15) is 0 Å². The summed E-state index contributed by atoms with van der Waals surface area (Å²) < 4.78 is 16.6. The molecule has 2 unspecified atom stereocenters. The molecule has 0 radical (unpaired) electrons. The zero-order valence-corrected chi connectivity index (χ0v) is 12.8. The van der Waals surface area contributed by atoms with E-state index in [1.807, 2.05) is 26.0 Å². The highest BCUT2D eigenvalue weighted by Gasteiger charge is 2.32. The predicted molar refractivity (Wildman–Crippen MR) is 78.9 cm³/mol. The summed E-state index contributed by atoms with van der Waals surface area (Å²) >= 11 is 0. The Hall–Kier alpha value is -1.10. The van der Waals surface area contributed by atoms with Crippen molar-refractivity contribution in [1.82, 2.24) is 5.32 Å². The number of methoxy groups -OCH3 is 1. The molecule has 1 aromatic rings. The van der Waals surface area contributed by atoms with E-state index < -0.39 is 5.79 Å². The van der Waals surface area contributed by atoms with Crippen LogP contribution in [0.2, 0.25) is 0 Å². The van der Waals surface area contributed by atoms with Crippen LogP contribution in [-0.4, -0.2) is 32.2 Å². The summed E-state index contributed by atoms with van der Waals surface area (Å²) in [5, 5.41) is 3.56. The number of hydrogen-bond acceptors (Lipinski definition) is 4. The summed E-state index contributed by atoms with van der Waals surface area (Å²) in [4.78, 5) is 0. The van der Waals surface area contributed by atoms with Crippen molar-refractivity contribution in [3.8, 4) is 5.75 Å². The van der Waals surface area contributed by atoms with Crippen LogP contribution in [0.15, 0.2) is 24.3 Å². The van der Waals surface area contributed by atoms with Gasteiger partial charge in [0.05, 0.1) is 19.8 Å². The van der Waals surface area contributed by atoms with E-state index in [0.717, 1.165) is 18.7 Å². The van der Waals surface area contributed by atoms with Gasteiger partial charge in [-0.3, -0.25) is 0 Å². The summed E-state index contributed by atoms with van der Waals surface area (Å²) in [6.45, 7) is 7.53. The molecule has 20 heavy (non-hydrogen) atoms. The number of benzene rings is 1. The summed E-state index contributed by atoms with van der Waals surface area (Å²) in [6.07, 6.45) is 1.15. The zero-order valence-electron chi connectivity index (χ0n) is 12.8. The first-order valence-electron chi connectivity index (χ1n) is 7.23. The molecule has 0 aromatic heterocycles. The molecule has 1 aromatic carbocycles. The molecule has 1 N–H and O–H groups in total. The Morgan fingerprint density at radius 2 is 2.05 bits per heavy atom. The molecule has 4 nitrogen and oxygen atoms in total. The fourth-order valence-corrected chi connectivity index (χ4v) is 2.47. The molecule has 2 atom stereocenters. The van der Waals surface area contributed by atoms with E-state index in [1.54, 1.807) is 7.11 Å². The van der Waals surface area contributed by atoms with E-state index in [4.69, 9.17) is 14.2 Å². The van der Waals surface area contributed by atoms with Crippen LogP contribution in [0, 0.1) is 0 Å². The first-order chi connectivity index (χ1) is 9.54. The summed E-state index contributed by atoms with van der Waals surface area (Å²) in [6, 6.07) is 8.54. The summed E-state index contributed by atoms with van der Waals surface area (Å²) in [5.74, 6) is 0.437. The highest BCUT2D eigenvalue weighted by molar-refractivity contribution is 5.29. The minimum absolute atomic E-state index is 0.122. The molecule has 1 aliphatic rings. The van der Waals surface area contributed by atoms with Crippen molar-refractivity contribution in [3.63, 3.8) is 0 Å². The minimum Gasteiger partial charge on any atom is -0.497 e. The second-order valence-corrected chi connectivity index (χ2v) is 5.59. The van der Waals surface area contributed by atoms with Gasteiger partial charge in [0.25, 0.3) is 0 Å². The second kappa shape index (κ2) is 6.57. The lowest BCUT2D eigenvalue weighted by Crippen LogP contribution is -2.32. The van der Waals surface area contributed by atoms with Crippen LogP contribution in [-0.2, 0) is 9.47 Å². The van der Waals surface area contributed by atoms with Gasteiger partial charge < -0.3 is 19.5 Å². The quantitative estimate of drug-likeness (QED) is 0.869. The van der Waals surface area contributed by atoms with Crippen LogP contribution >= 0.6 is 0 Å². The van der Waals surface area contributed by atoms with Gasteiger partial charge in [0, 0.05) is 12.6 Å². The van der Waals surface area contributed by atoms with Gasteiger partial charge in [-0.05, 0) is 38.0 Å². The fourth-order valence-electron chi connectivity index (χ4n) is 2.47. The largest absolute Gasteiger partial charge is 0.497 e. The molecule has 1 saturated heterocycles. The smallest absolute Gasteiger partial charge is 0.163 e. The molecule has 4 heteroatoms. The van der Waals surface area contributed by atoms with E-state index in [0.29, 0.717) is 12.6 Å². The highest BCUT2D eigenvalue weighted by Crippen LogP contribution is 2.24. The van der Waals surface area contributed by atoms with Gasteiger partial charge in [-0.25, -0.2) is 0 Å². The standard InChI is InChI=1S/C16H25NO3/c1-5-15(12-6-8-13(18-4)9-7-12)17-10-14-11-19-16(2,3)20-14/h6-9,14-15,17H,5,10-11H2,1-4H3. The summed E-state index contributed by atoms with van der Waals surface area (Å²) in [5.41, 5.74) is 1.27. The van der Waals surface area contributed by atoms with Crippen molar-refractivity contribution in [2.24, 2.45) is 0 Å². The summed E-state index contributed by atoms with van der Waals surface area (Å²) in [7, 11) is 1.68. The van der Waals surface area contributed by atoms with Crippen molar-refractivity contribution in [2.75, 3.05) is 20.3 Å². The van der Waals surface area contributed by atoms with Crippen LogP contribution in [0.4, 0.5) is 0 Å². The lowest BCUT2D eigenvalue weighted by molar-refractivity contribution is -0.137. The Kier molecular flexibility index (Phi) is 5.02. The highest BCUT2D eigenvalue weighted by atomic mass is 16.7. The first kappa shape index (κ1) is 15.3. The SMILES string of the molecule is CCC(NCC1COC(C)(C)O1)c1ccc(OC)cc1. The van der Waals surface area contributed by atoms with E-state index in [-0.39, 0.29) is 6.10 Å². The van der Waals surface area contributed by atoms with Crippen molar-refractivity contribution < 1.29 is 14.2 Å². The number of ether oxygens (including phenoxy) is 3. The maximum absolute atomic E-state index is 5.81. The van der Waals surface area contributed by atoms with Crippen molar-refractivity contribution in [1.29, 1.82) is 0 Å². The van der Waals surface area contributed by atoms with Gasteiger partial charge in [-0.2, -0.15) is 0 Å². The molecule has 1 fully saturated rings. The average molecular weight is 279 g/mol. The number of hydrogen-bond donors (Lipinski definition) is 1. The van der Waals surface area contributed by atoms with Gasteiger partial charge in [0.2, 0.25) is 0 Å². The lowest BCUT2D eigenvalue weighted by Gasteiger charge is -2.21. The van der Waals surface area contributed by atoms with Gasteiger partial charge in [0.1, 0.15) is 5.75 Å². The average Bonchev–Trinajstić information content (AvgIpc) is 2.79. The maximum atomic E-state index is 5.81. The van der Waals surface area contributed by atoms with Crippen LogP contribution in [0.25, 0.3) is 0 Å². The van der Waals surface area contributed by atoms with Gasteiger partial charge >= 0.3 is 0 Å². The molecule has 0 saturated carbocycles. The molecular weight excluding hydrogens is 254 g/mol. The first-order valence-corrected chi connectivity index (χ1v) is 7.23. The van der Waals surface area contributed by atoms with Gasteiger partial charge in [0.15, 0.2) is 5.79 Å². The molecule has 0 bridgehead atoms. The monoisotopic (exact) mass is 279 g/mol. The molecule has 1 aliphatic heterocycles. The van der Waals surface area contributed by atoms with Crippen molar-refractivity contribution in [2.45, 2.75) is 45.1 Å². The predicted octanol–water partition coefficient (Wildman–Crippen LogP) is 2.89. The van der Waals surface area contributed by atoms with Crippen molar-refractivity contribution in [3.05, 3.63) is 29.8 Å². The third-order valence-electron chi connectivity index (χ3n) is 3.59. The number of nitrogens with one attached hydrogen (secondary N) is 1. The molecule has 0 aliphatic carbocycles. The minimum atomic E-state index is -0.450. The topological polar surface area (TPSA) is 39.7 Å². The van der Waals surface area contributed by atoms with E-state index in [2.05, 4.69) is 24.4 Å². The second-order valence-electron chi connectivity index (χ2n) is 5.59. The van der Waals surface area contributed by atoms with Crippen LogP contribution in [0.3, 0.4) is 0 Å². The van der Waals surface area contributed by atoms with Gasteiger partial charge in [-0.1, -0.05) is 19.1 Å². The Morgan fingerprint density at radius 1 is 1.35 bits per heavy atom. The van der Waals surface area contributed by atoms with E-state index in [1.165, 1.54) is 5.56 Å². The normalized spacial score (nSPS) is 22.7. The Labute approximate surface area is 121 Å². The maximum Gasteiger partial charge on any atom is 0.163 e. The third-order valence-corrected chi connectivity index (χ3v) is 3.59. The molecule has 0 spiro atoms. The fraction of sp³-hybridized carbons (Fsp3) is 0.625. The van der Waals surface area contributed by atoms with Crippen LogP contribution in [0.1, 0.15) is 38.8 Å². The van der Waals surface area contributed by atoms with Crippen LogP contribution in [0.5, 0.6) is 5.75 Å². The molecule has 112 valence electrons. The Bertz CT molecular complexity index is 416. The van der Waals surface area contributed by atoms with Crippen molar-refractivity contribution >= 4 is 0 Å². The van der Waals surface area contributed by atoms with E-state index >= 15 is 0 Å². The van der Waals surface area contributed by atoms with Gasteiger partial charge in [-0.15, -0.1) is 0 Å². The molecule has 2 rings (SSSR count). The zero-order chi connectivity index (χ0) is 14.6. The molecule has 0 amide bonds. The lowest BCUT2D eigenvalue weighted by atomic mass is 10.0. The van der Waals surface area contributed by atoms with Crippen LogP contribution < -0.4 is 10.1 Å². The Morgan fingerprint density at radius 3 is 2.55 bits per heavy atom. The third kappa shape index (κ3) is 3.95.